The maximum absolute atomic E-state index is 10.7. The number of carbonyl (C=O) groups is 1. The fraction of sp³-hybridized carbons (Fsp3) is 0.857. The third kappa shape index (κ3) is 5.05. The van der Waals surface area contributed by atoms with Gasteiger partial charge in [-0.05, 0) is 52.6 Å². The normalized spacial score (nSPS) is 21.5. The second-order valence-electron chi connectivity index (χ2n) is 5.86. The van der Waals surface area contributed by atoms with Crippen molar-refractivity contribution in [2.75, 3.05) is 13.1 Å². The highest BCUT2D eigenvalue weighted by molar-refractivity contribution is 5.66. The van der Waals surface area contributed by atoms with Crippen molar-refractivity contribution < 1.29 is 9.90 Å². The molecule has 0 aromatic rings. The van der Waals surface area contributed by atoms with Crippen LogP contribution in [0.3, 0.4) is 0 Å². The van der Waals surface area contributed by atoms with Gasteiger partial charge in [0.25, 0.3) is 0 Å². The van der Waals surface area contributed by atoms with E-state index in [1.165, 1.54) is 12.8 Å². The molecule has 0 aliphatic carbocycles. The van der Waals surface area contributed by atoms with Crippen LogP contribution in [0.5, 0.6) is 0 Å². The van der Waals surface area contributed by atoms with E-state index in [0.717, 1.165) is 32.4 Å². The summed E-state index contributed by atoms with van der Waals surface area (Å²) in [7, 11) is 0. The van der Waals surface area contributed by atoms with Gasteiger partial charge in [-0.1, -0.05) is 6.42 Å². The average molecular weight is 252 g/mol. The van der Waals surface area contributed by atoms with E-state index < -0.39 is 5.97 Å². The number of piperidine rings is 1. The molecule has 0 aromatic carbocycles. The number of nitriles is 1. The summed E-state index contributed by atoms with van der Waals surface area (Å²) in [5, 5.41) is 17.8. The number of carboxylic acid groups (broad SMARTS) is 1. The standard InChI is InChI=1S/C14H24N2O2/c1-14(2,11-15)8-10-16-9-4-3-5-12(16)6-7-13(17)18/h12H,3-10H2,1-2H3,(H,17,18). The summed E-state index contributed by atoms with van der Waals surface area (Å²) in [5.41, 5.74) is -0.283. The highest BCUT2D eigenvalue weighted by atomic mass is 16.4. The zero-order chi connectivity index (χ0) is 13.6. The van der Waals surface area contributed by atoms with E-state index in [4.69, 9.17) is 10.4 Å². The van der Waals surface area contributed by atoms with Crippen molar-refractivity contribution in [3.63, 3.8) is 0 Å². The van der Waals surface area contributed by atoms with Gasteiger partial charge in [0.05, 0.1) is 11.5 Å². The van der Waals surface area contributed by atoms with Gasteiger partial charge in [0.2, 0.25) is 0 Å². The minimum absolute atomic E-state index is 0.253. The first-order chi connectivity index (χ1) is 8.44. The maximum Gasteiger partial charge on any atom is 0.303 e. The number of likely N-dealkylation sites (tertiary alicyclic amines) is 1. The summed E-state index contributed by atoms with van der Waals surface area (Å²) in [6.45, 7) is 5.88. The summed E-state index contributed by atoms with van der Waals surface area (Å²) < 4.78 is 0. The van der Waals surface area contributed by atoms with E-state index in [1.54, 1.807) is 0 Å². The fourth-order valence-electron chi connectivity index (χ4n) is 2.45. The minimum Gasteiger partial charge on any atom is -0.481 e. The molecule has 1 N–H and O–H groups in total. The van der Waals surface area contributed by atoms with Crippen molar-refractivity contribution in [1.29, 1.82) is 5.26 Å². The van der Waals surface area contributed by atoms with Crippen molar-refractivity contribution in [1.82, 2.24) is 4.90 Å². The van der Waals surface area contributed by atoms with Crippen LogP contribution in [-0.2, 0) is 4.79 Å². The van der Waals surface area contributed by atoms with E-state index in [1.807, 2.05) is 13.8 Å². The summed E-state index contributed by atoms with van der Waals surface area (Å²) >= 11 is 0. The first kappa shape index (κ1) is 15.0. The quantitative estimate of drug-likeness (QED) is 0.789. The number of aliphatic carboxylic acids is 1. The van der Waals surface area contributed by atoms with Crippen molar-refractivity contribution >= 4 is 5.97 Å². The Kier molecular flexibility index (Phi) is 5.61. The Morgan fingerprint density at radius 2 is 2.22 bits per heavy atom. The van der Waals surface area contributed by atoms with Gasteiger partial charge in [0.1, 0.15) is 0 Å². The number of hydrogen-bond donors (Lipinski definition) is 1. The number of rotatable bonds is 6. The summed E-state index contributed by atoms with van der Waals surface area (Å²) in [6.07, 6.45) is 5.33. The van der Waals surface area contributed by atoms with Crippen molar-refractivity contribution in [3.8, 4) is 6.07 Å². The van der Waals surface area contributed by atoms with Crippen LogP contribution in [0.25, 0.3) is 0 Å². The zero-order valence-corrected chi connectivity index (χ0v) is 11.5. The lowest BCUT2D eigenvalue weighted by atomic mass is 9.90. The Morgan fingerprint density at radius 1 is 1.50 bits per heavy atom. The number of nitrogens with zero attached hydrogens (tertiary/aromatic N) is 2. The Labute approximate surface area is 110 Å². The summed E-state index contributed by atoms with van der Waals surface area (Å²) in [4.78, 5) is 13.0. The highest BCUT2D eigenvalue weighted by Crippen LogP contribution is 2.25. The lowest BCUT2D eigenvalue weighted by molar-refractivity contribution is -0.137. The molecule has 1 aliphatic rings. The van der Waals surface area contributed by atoms with Crippen LogP contribution in [0, 0.1) is 16.7 Å². The molecule has 4 heteroatoms. The van der Waals surface area contributed by atoms with Crippen LogP contribution in [0.2, 0.25) is 0 Å². The lowest BCUT2D eigenvalue weighted by Crippen LogP contribution is -2.41. The van der Waals surface area contributed by atoms with Gasteiger partial charge in [0, 0.05) is 12.5 Å². The lowest BCUT2D eigenvalue weighted by Gasteiger charge is -2.36. The summed E-state index contributed by atoms with van der Waals surface area (Å²) in [6, 6.07) is 2.72. The molecule has 1 rings (SSSR count). The largest absolute Gasteiger partial charge is 0.481 e. The molecule has 1 unspecified atom stereocenters. The smallest absolute Gasteiger partial charge is 0.303 e. The molecule has 0 radical (unpaired) electrons. The zero-order valence-electron chi connectivity index (χ0n) is 11.5. The molecule has 0 aromatic heterocycles. The van der Waals surface area contributed by atoms with Crippen LogP contribution < -0.4 is 0 Å². The SMILES string of the molecule is CC(C)(C#N)CCN1CCCCC1CCC(=O)O. The van der Waals surface area contributed by atoms with Crippen molar-refractivity contribution in [2.45, 2.75) is 58.4 Å². The summed E-state index contributed by atoms with van der Waals surface area (Å²) in [5.74, 6) is -0.710. The molecular formula is C14H24N2O2. The Balaban J connectivity index is 2.44. The molecule has 102 valence electrons. The van der Waals surface area contributed by atoms with Crippen LogP contribution >= 0.6 is 0 Å². The van der Waals surface area contributed by atoms with E-state index in [0.29, 0.717) is 6.04 Å². The Hall–Kier alpha value is -1.08. The van der Waals surface area contributed by atoms with Gasteiger partial charge in [-0.2, -0.15) is 5.26 Å². The Bertz CT molecular complexity index is 320. The molecule has 1 heterocycles. The second-order valence-corrected chi connectivity index (χ2v) is 5.86. The molecule has 1 fully saturated rings. The first-order valence-electron chi connectivity index (χ1n) is 6.82. The Morgan fingerprint density at radius 3 is 2.83 bits per heavy atom. The van der Waals surface area contributed by atoms with Gasteiger partial charge < -0.3 is 10.0 Å². The molecule has 1 atom stereocenters. The predicted molar refractivity (Wildman–Crippen MR) is 70.1 cm³/mol. The second kappa shape index (κ2) is 6.75. The molecule has 4 nitrogen and oxygen atoms in total. The highest BCUT2D eigenvalue weighted by Gasteiger charge is 2.25. The van der Waals surface area contributed by atoms with Gasteiger partial charge >= 0.3 is 5.97 Å². The van der Waals surface area contributed by atoms with Crippen LogP contribution in [0.4, 0.5) is 0 Å². The number of carboxylic acids is 1. The molecule has 0 bridgehead atoms. The van der Waals surface area contributed by atoms with Crippen molar-refractivity contribution in [3.05, 3.63) is 0 Å². The van der Waals surface area contributed by atoms with Crippen molar-refractivity contribution in [2.24, 2.45) is 5.41 Å². The van der Waals surface area contributed by atoms with E-state index >= 15 is 0 Å². The minimum atomic E-state index is -0.710. The van der Waals surface area contributed by atoms with Gasteiger partial charge in [-0.3, -0.25) is 4.79 Å². The molecule has 1 aliphatic heterocycles. The van der Waals surface area contributed by atoms with Gasteiger partial charge in [-0.15, -0.1) is 0 Å². The molecular weight excluding hydrogens is 228 g/mol. The first-order valence-corrected chi connectivity index (χ1v) is 6.82. The third-order valence-electron chi connectivity index (χ3n) is 3.77. The van der Waals surface area contributed by atoms with Crippen LogP contribution in [0.15, 0.2) is 0 Å². The van der Waals surface area contributed by atoms with Crippen LogP contribution in [-0.4, -0.2) is 35.1 Å². The molecule has 0 spiro atoms. The molecule has 1 saturated heterocycles. The number of hydrogen-bond acceptors (Lipinski definition) is 3. The van der Waals surface area contributed by atoms with Gasteiger partial charge in [0.15, 0.2) is 0 Å². The van der Waals surface area contributed by atoms with Crippen LogP contribution in [0.1, 0.15) is 52.4 Å². The topological polar surface area (TPSA) is 64.3 Å². The van der Waals surface area contributed by atoms with E-state index in [-0.39, 0.29) is 11.8 Å². The average Bonchev–Trinajstić information content (AvgIpc) is 2.35. The molecule has 0 amide bonds. The van der Waals surface area contributed by atoms with Gasteiger partial charge in [-0.25, -0.2) is 0 Å². The molecule has 0 saturated carbocycles. The molecule has 18 heavy (non-hydrogen) atoms. The van der Waals surface area contributed by atoms with E-state index in [9.17, 15) is 4.79 Å². The fourth-order valence-corrected chi connectivity index (χ4v) is 2.45. The van der Waals surface area contributed by atoms with E-state index in [2.05, 4.69) is 11.0 Å². The monoisotopic (exact) mass is 252 g/mol. The maximum atomic E-state index is 10.7. The predicted octanol–water partition coefficient (Wildman–Crippen LogP) is 2.65. The third-order valence-corrected chi connectivity index (χ3v) is 3.77.